The minimum Gasteiger partial charge on any atom is -0.338 e. The third kappa shape index (κ3) is 5.63. The predicted octanol–water partition coefficient (Wildman–Crippen LogP) is 2.54. The summed E-state index contributed by atoms with van der Waals surface area (Å²) in [4.78, 5) is 31.1. The molecule has 1 saturated heterocycles. The molecule has 2 heterocycles. The Morgan fingerprint density at radius 2 is 2.03 bits per heavy atom. The van der Waals surface area contributed by atoms with Crippen LogP contribution in [0.5, 0.6) is 0 Å². The number of aryl methyl sites for hydroxylation is 1. The fourth-order valence-corrected chi connectivity index (χ4v) is 4.71. The molecular formula is C21H25N3O4S. The second-order valence-corrected chi connectivity index (χ2v) is 9.76. The van der Waals surface area contributed by atoms with Crippen molar-refractivity contribution in [3.63, 3.8) is 0 Å². The van der Waals surface area contributed by atoms with Crippen LogP contribution in [-0.4, -0.2) is 55.2 Å². The number of carbonyl (C=O) groups is 2. The molecule has 2 aromatic rings. The van der Waals surface area contributed by atoms with Crippen LogP contribution >= 0.6 is 0 Å². The maximum atomic E-state index is 13.0. The summed E-state index contributed by atoms with van der Waals surface area (Å²) < 4.78 is 23.2. The molecule has 8 heteroatoms. The number of amides is 2. The van der Waals surface area contributed by atoms with Crippen LogP contribution in [0.15, 0.2) is 42.7 Å². The summed E-state index contributed by atoms with van der Waals surface area (Å²) in [6.07, 6.45) is 5.89. The monoisotopic (exact) mass is 415 g/mol. The number of nitrogens with zero attached hydrogens (tertiary/aromatic N) is 2. The quantitative estimate of drug-likeness (QED) is 0.810. The second kappa shape index (κ2) is 8.73. The summed E-state index contributed by atoms with van der Waals surface area (Å²) in [5, 5.41) is 2.84. The van der Waals surface area contributed by atoms with Gasteiger partial charge < -0.3 is 10.2 Å². The van der Waals surface area contributed by atoms with E-state index in [9.17, 15) is 18.0 Å². The first-order valence-electron chi connectivity index (χ1n) is 9.52. The molecule has 0 aliphatic carbocycles. The first-order valence-corrected chi connectivity index (χ1v) is 11.6. The maximum absolute atomic E-state index is 13.0. The first-order chi connectivity index (χ1) is 13.7. The van der Waals surface area contributed by atoms with Gasteiger partial charge in [-0.25, -0.2) is 8.42 Å². The molecule has 7 nitrogen and oxygen atoms in total. The topological polar surface area (TPSA) is 96.4 Å². The highest BCUT2D eigenvalue weighted by Crippen LogP contribution is 2.23. The Bertz CT molecular complexity index is 1010. The van der Waals surface area contributed by atoms with Gasteiger partial charge >= 0.3 is 0 Å². The number of nitrogens with one attached hydrogen (secondary N) is 1. The van der Waals surface area contributed by atoms with Crippen LogP contribution in [0.2, 0.25) is 0 Å². The van der Waals surface area contributed by atoms with E-state index in [4.69, 9.17) is 0 Å². The molecule has 1 atom stereocenters. The van der Waals surface area contributed by atoms with E-state index in [1.54, 1.807) is 41.4 Å². The van der Waals surface area contributed by atoms with Crippen molar-refractivity contribution in [3.05, 3.63) is 59.4 Å². The molecule has 0 bridgehead atoms. The number of hydrogen-bond donors (Lipinski definition) is 1. The lowest BCUT2D eigenvalue weighted by Crippen LogP contribution is -2.41. The Labute approximate surface area is 171 Å². The minimum atomic E-state index is -3.08. The van der Waals surface area contributed by atoms with Gasteiger partial charge in [0.25, 0.3) is 11.8 Å². The van der Waals surface area contributed by atoms with Crippen LogP contribution in [0, 0.1) is 12.8 Å². The summed E-state index contributed by atoms with van der Waals surface area (Å²) >= 11 is 0. The Hall–Kier alpha value is -2.74. The molecule has 1 unspecified atom stereocenters. The van der Waals surface area contributed by atoms with E-state index in [0.29, 0.717) is 29.9 Å². The number of piperidine rings is 1. The zero-order valence-corrected chi connectivity index (χ0v) is 17.4. The molecule has 0 spiro atoms. The summed E-state index contributed by atoms with van der Waals surface area (Å²) in [5.74, 6) is -0.396. The number of sulfone groups is 1. The van der Waals surface area contributed by atoms with Crippen LogP contribution in [-0.2, 0) is 9.84 Å². The smallest absolute Gasteiger partial charge is 0.257 e. The number of hydrogen-bond acceptors (Lipinski definition) is 5. The van der Waals surface area contributed by atoms with E-state index in [2.05, 4.69) is 10.3 Å². The van der Waals surface area contributed by atoms with Crippen molar-refractivity contribution in [1.29, 1.82) is 0 Å². The molecule has 0 saturated carbocycles. The van der Waals surface area contributed by atoms with E-state index in [-0.39, 0.29) is 23.5 Å². The number of carbonyl (C=O) groups excluding carboxylic acids is 2. The van der Waals surface area contributed by atoms with Crippen LogP contribution in [0.3, 0.4) is 0 Å². The molecule has 2 amide bonds. The van der Waals surface area contributed by atoms with Gasteiger partial charge in [-0.3, -0.25) is 14.6 Å². The molecule has 0 radical (unpaired) electrons. The highest BCUT2D eigenvalue weighted by molar-refractivity contribution is 7.90. The molecule has 1 aliphatic rings. The Kier molecular flexibility index (Phi) is 6.32. The molecule has 1 fully saturated rings. The Balaban J connectivity index is 1.74. The average molecular weight is 416 g/mol. The van der Waals surface area contributed by atoms with Crippen molar-refractivity contribution in [3.8, 4) is 0 Å². The van der Waals surface area contributed by atoms with E-state index in [1.807, 2.05) is 6.92 Å². The molecule has 154 valence electrons. The molecule has 1 aliphatic heterocycles. The van der Waals surface area contributed by atoms with Gasteiger partial charge in [-0.1, -0.05) is 6.07 Å². The van der Waals surface area contributed by atoms with Crippen molar-refractivity contribution in [2.75, 3.05) is 30.4 Å². The van der Waals surface area contributed by atoms with Gasteiger partial charge in [-0.15, -0.1) is 0 Å². The standard InChI is InChI=1S/C21H25N3O4S/c1-15-7-8-17(11-19(15)23-20(25)18-6-3-9-22-12-18)21(26)24-10-4-5-16(13-24)14-29(2,27)28/h3,6-9,11-12,16H,4-5,10,13-14H2,1-2H3,(H,23,25). The summed E-state index contributed by atoms with van der Waals surface area (Å²) in [7, 11) is -3.08. The fourth-order valence-electron chi connectivity index (χ4n) is 3.58. The highest BCUT2D eigenvalue weighted by atomic mass is 32.2. The summed E-state index contributed by atoms with van der Waals surface area (Å²) in [6, 6.07) is 8.56. The van der Waals surface area contributed by atoms with Crippen LogP contribution in [0.4, 0.5) is 5.69 Å². The van der Waals surface area contributed by atoms with Gasteiger partial charge in [0.05, 0.1) is 11.3 Å². The molecule has 1 aromatic heterocycles. The maximum Gasteiger partial charge on any atom is 0.257 e. The van der Waals surface area contributed by atoms with Gasteiger partial charge in [0.15, 0.2) is 0 Å². The lowest BCUT2D eigenvalue weighted by atomic mass is 9.99. The van der Waals surface area contributed by atoms with Crippen LogP contribution < -0.4 is 5.32 Å². The second-order valence-electron chi connectivity index (χ2n) is 7.58. The lowest BCUT2D eigenvalue weighted by Gasteiger charge is -2.32. The van der Waals surface area contributed by atoms with Crippen LogP contribution in [0.1, 0.15) is 39.1 Å². The summed E-state index contributed by atoms with van der Waals surface area (Å²) in [6.45, 7) is 2.89. The third-order valence-electron chi connectivity index (χ3n) is 5.00. The minimum absolute atomic E-state index is 0.0436. The largest absolute Gasteiger partial charge is 0.338 e. The Morgan fingerprint density at radius 1 is 1.24 bits per heavy atom. The number of aromatic nitrogens is 1. The molecule has 3 rings (SSSR count). The van der Waals surface area contributed by atoms with Gasteiger partial charge in [-0.2, -0.15) is 0 Å². The zero-order chi connectivity index (χ0) is 21.0. The molecule has 29 heavy (non-hydrogen) atoms. The van der Waals surface area contributed by atoms with Gasteiger partial charge in [-0.05, 0) is 55.5 Å². The number of anilines is 1. The first kappa shape index (κ1) is 21.0. The lowest BCUT2D eigenvalue weighted by molar-refractivity contribution is 0.0684. The van der Waals surface area contributed by atoms with Crippen molar-refractivity contribution in [2.24, 2.45) is 5.92 Å². The normalized spacial score (nSPS) is 17.0. The fraction of sp³-hybridized carbons (Fsp3) is 0.381. The van der Waals surface area contributed by atoms with Gasteiger partial charge in [0, 0.05) is 43.0 Å². The molecule has 1 aromatic carbocycles. The Morgan fingerprint density at radius 3 is 2.72 bits per heavy atom. The molecular weight excluding hydrogens is 390 g/mol. The van der Waals surface area contributed by atoms with E-state index in [0.717, 1.165) is 18.4 Å². The molecule has 1 N–H and O–H groups in total. The number of benzene rings is 1. The third-order valence-corrected chi connectivity index (χ3v) is 6.08. The number of pyridine rings is 1. The van der Waals surface area contributed by atoms with Crippen LogP contribution in [0.25, 0.3) is 0 Å². The zero-order valence-electron chi connectivity index (χ0n) is 16.6. The van der Waals surface area contributed by atoms with Gasteiger partial charge in [0.2, 0.25) is 0 Å². The van der Waals surface area contributed by atoms with E-state index < -0.39 is 9.84 Å². The predicted molar refractivity (Wildman–Crippen MR) is 112 cm³/mol. The van der Waals surface area contributed by atoms with Crippen molar-refractivity contribution in [1.82, 2.24) is 9.88 Å². The van der Waals surface area contributed by atoms with Crippen molar-refractivity contribution >= 4 is 27.3 Å². The van der Waals surface area contributed by atoms with Crippen molar-refractivity contribution in [2.45, 2.75) is 19.8 Å². The van der Waals surface area contributed by atoms with E-state index >= 15 is 0 Å². The SMILES string of the molecule is Cc1ccc(C(=O)N2CCCC(CS(C)(=O)=O)C2)cc1NC(=O)c1cccnc1. The number of rotatable bonds is 5. The average Bonchev–Trinajstić information content (AvgIpc) is 2.68. The summed E-state index contributed by atoms with van der Waals surface area (Å²) in [5.41, 5.74) is 2.31. The van der Waals surface area contributed by atoms with Crippen molar-refractivity contribution < 1.29 is 18.0 Å². The van der Waals surface area contributed by atoms with Gasteiger partial charge in [0.1, 0.15) is 9.84 Å². The van der Waals surface area contributed by atoms with E-state index in [1.165, 1.54) is 12.5 Å². The number of likely N-dealkylation sites (tertiary alicyclic amines) is 1. The highest BCUT2D eigenvalue weighted by Gasteiger charge is 2.27.